The van der Waals surface area contributed by atoms with Gasteiger partial charge in [0.25, 0.3) is 0 Å². The van der Waals surface area contributed by atoms with Crippen LogP contribution in [0.25, 0.3) is 0 Å². The maximum atomic E-state index is 12.6. The van der Waals surface area contributed by atoms with E-state index in [1.807, 2.05) is 18.3 Å². The monoisotopic (exact) mass is 525 g/mol. The van der Waals surface area contributed by atoms with Crippen molar-refractivity contribution < 1.29 is 27.4 Å². The lowest BCUT2D eigenvalue weighted by Gasteiger charge is -2.37. The van der Waals surface area contributed by atoms with E-state index >= 15 is 0 Å². The van der Waals surface area contributed by atoms with Gasteiger partial charge in [-0.05, 0) is 35.4 Å². The number of benzene rings is 2. The summed E-state index contributed by atoms with van der Waals surface area (Å²) in [7, 11) is 0. The second-order valence-corrected chi connectivity index (χ2v) is 9.70. The van der Waals surface area contributed by atoms with E-state index in [2.05, 4.69) is 25.3 Å². The van der Waals surface area contributed by atoms with E-state index in [0.29, 0.717) is 43.6 Å². The molecular weight excluding hydrogens is 499 g/mol. The average Bonchev–Trinajstić information content (AvgIpc) is 3.43. The van der Waals surface area contributed by atoms with Crippen molar-refractivity contribution in [1.82, 2.24) is 19.4 Å². The minimum absolute atomic E-state index is 0.147. The minimum Gasteiger partial charge on any atom is -0.441 e. The van der Waals surface area contributed by atoms with Gasteiger partial charge in [0.05, 0.1) is 30.2 Å². The molecule has 1 aromatic heterocycles. The highest BCUT2D eigenvalue weighted by Crippen LogP contribution is 2.35. The lowest BCUT2D eigenvalue weighted by atomic mass is 9.91. The molecule has 0 atom stereocenters. The summed E-state index contributed by atoms with van der Waals surface area (Å²) in [6, 6.07) is 15.2. The zero-order valence-corrected chi connectivity index (χ0v) is 20.5. The highest BCUT2D eigenvalue weighted by Gasteiger charge is 2.47. The maximum Gasteiger partial charge on any atom is 0.573 e. The zero-order chi connectivity index (χ0) is 26.8. The van der Waals surface area contributed by atoms with E-state index in [1.165, 1.54) is 23.1 Å². The van der Waals surface area contributed by atoms with Crippen LogP contribution in [0.1, 0.15) is 35.2 Å². The van der Waals surface area contributed by atoms with Crippen molar-refractivity contribution in [2.45, 2.75) is 44.4 Å². The van der Waals surface area contributed by atoms with Crippen LogP contribution in [0.2, 0.25) is 0 Å². The minimum atomic E-state index is -4.77. The quantitative estimate of drug-likeness (QED) is 0.445. The van der Waals surface area contributed by atoms with Crippen molar-refractivity contribution in [1.29, 1.82) is 5.26 Å². The molecule has 2 aliphatic rings. The van der Waals surface area contributed by atoms with Gasteiger partial charge < -0.3 is 14.0 Å². The molecule has 2 aromatic carbocycles. The standard InChI is InChI=1S/C27H26F3N5O3/c28-27(29,30)37-24-3-1-2-22(12-24)16-34-18-26(38-25(34)36)8-10-33(11-9-26)17-23-14-32-19-35(23)15-21-6-4-20(13-31)5-7-21/h1-7,12,14,19H,8-11,15-18H2. The van der Waals surface area contributed by atoms with Crippen LogP contribution in [0.4, 0.5) is 18.0 Å². The topological polar surface area (TPSA) is 83.6 Å². The average molecular weight is 526 g/mol. The molecule has 11 heteroatoms. The van der Waals surface area contributed by atoms with Gasteiger partial charge in [0.2, 0.25) is 0 Å². The zero-order valence-electron chi connectivity index (χ0n) is 20.5. The van der Waals surface area contributed by atoms with Gasteiger partial charge in [0.1, 0.15) is 11.4 Å². The van der Waals surface area contributed by atoms with Crippen molar-refractivity contribution in [3.05, 3.63) is 83.4 Å². The molecule has 0 saturated carbocycles. The van der Waals surface area contributed by atoms with Crippen LogP contribution in [0, 0.1) is 11.3 Å². The molecule has 8 nitrogen and oxygen atoms in total. The third-order valence-electron chi connectivity index (χ3n) is 6.93. The van der Waals surface area contributed by atoms with E-state index in [0.717, 1.165) is 24.3 Å². The second kappa shape index (κ2) is 10.4. The number of amides is 1. The summed E-state index contributed by atoms with van der Waals surface area (Å²) in [5.41, 5.74) is 2.70. The molecule has 2 aliphatic heterocycles. The molecule has 0 unspecified atom stereocenters. The van der Waals surface area contributed by atoms with Crippen LogP contribution < -0.4 is 4.74 Å². The summed E-state index contributed by atoms with van der Waals surface area (Å²) in [5.74, 6) is -0.316. The number of nitriles is 1. The molecule has 198 valence electrons. The van der Waals surface area contributed by atoms with Crippen molar-refractivity contribution >= 4 is 6.09 Å². The second-order valence-electron chi connectivity index (χ2n) is 9.70. The molecule has 0 N–H and O–H groups in total. The highest BCUT2D eigenvalue weighted by molar-refractivity contribution is 5.70. The molecule has 3 heterocycles. The molecule has 2 saturated heterocycles. The van der Waals surface area contributed by atoms with Crippen molar-refractivity contribution in [2.24, 2.45) is 0 Å². The molecule has 1 amide bonds. The van der Waals surface area contributed by atoms with Crippen LogP contribution in [0.15, 0.2) is 61.1 Å². The Kier molecular flexibility index (Phi) is 6.99. The number of nitrogens with zero attached hydrogens (tertiary/aromatic N) is 5. The van der Waals surface area contributed by atoms with Gasteiger partial charge in [0, 0.05) is 51.8 Å². The predicted molar refractivity (Wildman–Crippen MR) is 130 cm³/mol. The summed E-state index contributed by atoms with van der Waals surface area (Å²) in [6.07, 6.45) is -0.260. The van der Waals surface area contributed by atoms with Gasteiger partial charge in [-0.25, -0.2) is 9.78 Å². The molecule has 1 spiro atoms. The summed E-state index contributed by atoms with van der Waals surface area (Å²) in [4.78, 5) is 20.8. The first-order valence-corrected chi connectivity index (χ1v) is 12.2. The van der Waals surface area contributed by atoms with Gasteiger partial charge in [-0.15, -0.1) is 13.2 Å². The van der Waals surface area contributed by atoms with Crippen LogP contribution in [0.3, 0.4) is 0 Å². The molecule has 0 radical (unpaired) electrons. The van der Waals surface area contributed by atoms with Crippen LogP contribution >= 0.6 is 0 Å². The Bertz CT molecular complexity index is 1320. The molecule has 2 fully saturated rings. The smallest absolute Gasteiger partial charge is 0.441 e. The first-order valence-electron chi connectivity index (χ1n) is 12.2. The molecule has 0 aliphatic carbocycles. The summed E-state index contributed by atoms with van der Waals surface area (Å²) < 4.78 is 49.5. The lowest BCUT2D eigenvalue weighted by molar-refractivity contribution is -0.274. The molecule has 5 rings (SSSR count). The number of imidazole rings is 1. The molecule has 3 aromatic rings. The van der Waals surface area contributed by atoms with Crippen molar-refractivity contribution in [3.8, 4) is 11.8 Å². The van der Waals surface area contributed by atoms with Gasteiger partial charge in [-0.1, -0.05) is 24.3 Å². The SMILES string of the molecule is N#Cc1ccc(Cn2cncc2CN2CCC3(CC2)CN(Cc2cccc(OC(F)(F)F)c2)C(=O)O3)cc1. The van der Waals surface area contributed by atoms with Crippen molar-refractivity contribution in [2.75, 3.05) is 19.6 Å². The van der Waals surface area contributed by atoms with Gasteiger partial charge >= 0.3 is 12.5 Å². The number of hydrogen-bond acceptors (Lipinski definition) is 6. The number of ether oxygens (including phenoxy) is 2. The number of carbonyl (C=O) groups is 1. The van der Waals surface area contributed by atoms with E-state index in [9.17, 15) is 18.0 Å². The number of rotatable bonds is 7. The van der Waals surface area contributed by atoms with E-state index < -0.39 is 18.1 Å². The Balaban J connectivity index is 1.15. The Morgan fingerprint density at radius 3 is 2.53 bits per heavy atom. The summed E-state index contributed by atoms with van der Waals surface area (Å²) in [5, 5.41) is 8.99. The third kappa shape index (κ3) is 6.08. The Morgan fingerprint density at radius 2 is 1.82 bits per heavy atom. The van der Waals surface area contributed by atoms with E-state index in [1.54, 1.807) is 24.5 Å². The Morgan fingerprint density at radius 1 is 1.05 bits per heavy atom. The number of hydrogen-bond donors (Lipinski definition) is 0. The number of likely N-dealkylation sites (tertiary alicyclic amines) is 1. The van der Waals surface area contributed by atoms with Crippen molar-refractivity contribution in [3.63, 3.8) is 0 Å². The Hall–Kier alpha value is -4.04. The number of halogens is 3. The van der Waals surface area contributed by atoms with Gasteiger partial charge in [-0.2, -0.15) is 5.26 Å². The fourth-order valence-corrected chi connectivity index (χ4v) is 4.99. The van der Waals surface area contributed by atoms with Gasteiger partial charge in [-0.3, -0.25) is 9.80 Å². The Labute approximate surface area is 217 Å². The van der Waals surface area contributed by atoms with Crippen LogP contribution in [-0.2, 0) is 24.4 Å². The normalized spacial score (nSPS) is 17.4. The number of piperidine rings is 1. The van der Waals surface area contributed by atoms with Crippen LogP contribution in [-0.4, -0.2) is 57.0 Å². The van der Waals surface area contributed by atoms with E-state index in [-0.39, 0.29) is 12.3 Å². The lowest BCUT2D eigenvalue weighted by Crippen LogP contribution is -2.46. The molecular formula is C27H26F3N5O3. The fraction of sp³-hybridized carbons (Fsp3) is 0.370. The number of carbonyl (C=O) groups excluding carboxylic acids is 1. The predicted octanol–water partition coefficient (Wildman–Crippen LogP) is 4.69. The van der Waals surface area contributed by atoms with E-state index in [4.69, 9.17) is 10.00 Å². The number of alkyl halides is 3. The first-order chi connectivity index (χ1) is 18.2. The third-order valence-corrected chi connectivity index (χ3v) is 6.93. The first kappa shape index (κ1) is 25.6. The largest absolute Gasteiger partial charge is 0.573 e. The maximum absolute atomic E-state index is 12.6. The van der Waals surface area contributed by atoms with Gasteiger partial charge in [0.15, 0.2) is 0 Å². The summed E-state index contributed by atoms with van der Waals surface area (Å²) in [6.45, 7) is 3.36. The molecule has 0 bridgehead atoms. The fourth-order valence-electron chi connectivity index (χ4n) is 4.99. The summed E-state index contributed by atoms with van der Waals surface area (Å²) >= 11 is 0. The molecule has 38 heavy (non-hydrogen) atoms. The number of aromatic nitrogens is 2. The highest BCUT2D eigenvalue weighted by atomic mass is 19.4. The van der Waals surface area contributed by atoms with Crippen LogP contribution in [0.5, 0.6) is 5.75 Å².